The largest absolute Gasteiger partial charge is 0.496 e. The molecule has 3 heterocycles. The molecule has 0 radical (unpaired) electrons. The number of carbonyl (C=O) groups excluding carboxylic acids is 1. The second-order valence-electron chi connectivity index (χ2n) is 8.59. The van der Waals surface area contributed by atoms with Gasteiger partial charge < -0.3 is 15.8 Å². The van der Waals surface area contributed by atoms with Crippen LogP contribution >= 0.6 is 0 Å². The molecule has 188 valence electrons. The Balaban J connectivity index is 1.24. The number of hydrogen-bond acceptors (Lipinski definition) is 7. The summed E-state index contributed by atoms with van der Waals surface area (Å²) in [7, 11) is 1.57. The number of nitrogen functional groups attached to an aromatic ring is 1. The first-order valence-electron chi connectivity index (χ1n) is 11.6. The van der Waals surface area contributed by atoms with Crippen molar-refractivity contribution in [2.75, 3.05) is 12.8 Å². The standard InChI is InChI=1S/C26H25FN8O2/c1-16-32-25(26(36)30-11-19-9-20-7-8-29-24(28)23(20)22(10-19)37-2)33-35(16)14-18-5-3-17(4-6-18)13-34-15-21(27)12-31-34/h3-10,12,15H,11,13-14H2,1-2H3,(H2,28,29)(H,30,36). The Morgan fingerprint density at radius 1 is 1.11 bits per heavy atom. The summed E-state index contributed by atoms with van der Waals surface area (Å²) in [5.41, 5.74) is 8.83. The number of nitrogens with one attached hydrogen (secondary N) is 1. The maximum Gasteiger partial charge on any atom is 0.291 e. The zero-order chi connectivity index (χ0) is 25.9. The number of rotatable bonds is 8. The number of aromatic nitrogens is 6. The zero-order valence-corrected chi connectivity index (χ0v) is 20.3. The minimum atomic E-state index is -0.378. The van der Waals surface area contributed by atoms with Crippen LogP contribution in [0.3, 0.4) is 0 Å². The molecule has 5 aromatic rings. The molecule has 0 spiro atoms. The molecule has 0 aliphatic heterocycles. The highest BCUT2D eigenvalue weighted by atomic mass is 19.1. The molecule has 3 N–H and O–H groups in total. The quantitative estimate of drug-likeness (QED) is 0.335. The Morgan fingerprint density at radius 3 is 2.57 bits per heavy atom. The minimum Gasteiger partial charge on any atom is -0.496 e. The van der Waals surface area contributed by atoms with Gasteiger partial charge in [-0.05, 0) is 47.2 Å². The molecule has 0 saturated carbocycles. The normalized spacial score (nSPS) is 11.1. The molecule has 0 fully saturated rings. The van der Waals surface area contributed by atoms with E-state index in [9.17, 15) is 9.18 Å². The maximum atomic E-state index is 13.1. The molecule has 5 rings (SSSR count). The molecule has 0 aliphatic carbocycles. The van der Waals surface area contributed by atoms with Crippen LogP contribution in [0.15, 0.2) is 61.1 Å². The van der Waals surface area contributed by atoms with Gasteiger partial charge in [0.25, 0.3) is 5.91 Å². The molecule has 10 nitrogen and oxygen atoms in total. The van der Waals surface area contributed by atoms with Crippen LogP contribution in [0.1, 0.15) is 33.1 Å². The molecule has 0 aliphatic rings. The predicted molar refractivity (Wildman–Crippen MR) is 135 cm³/mol. The van der Waals surface area contributed by atoms with Crippen molar-refractivity contribution in [3.8, 4) is 5.75 Å². The first-order chi connectivity index (χ1) is 17.9. The smallest absolute Gasteiger partial charge is 0.291 e. The molecular formula is C26H25FN8O2. The first-order valence-corrected chi connectivity index (χ1v) is 11.6. The maximum absolute atomic E-state index is 13.1. The fraction of sp³-hybridized carbons (Fsp3) is 0.192. The molecular weight excluding hydrogens is 475 g/mol. The van der Waals surface area contributed by atoms with Crippen molar-refractivity contribution in [3.63, 3.8) is 0 Å². The average Bonchev–Trinajstić information content (AvgIpc) is 3.47. The molecule has 0 unspecified atom stereocenters. The van der Waals surface area contributed by atoms with Gasteiger partial charge in [-0.15, -0.1) is 5.10 Å². The van der Waals surface area contributed by atoms with Gasteiger partial charge in [0.15, 0.2) is 5.82 Å². The van der Waals surface area contributed by atoms with Gasteiger partial charge in [0.2, 0.25) is 5.82 Å². The average molecular weight is 501 g/mol. The summed E-state index contributed by atoms with van der Waals surface area (Å²) in [6.45, 7) is 3.00. The van der Waals surface area contributed by atoms with Gasteiger partial charge in [-0.25, -0.2) is 19.0 Å². The van der Waals surface area contributed by atoms with Gasteiger partial charge in [-0.3, -0.25) is 9.48 Å². The third kappa shape index (κ3) is 5.25. The lowest BCUT2D eigenvalue weighted by Gasteiger charge is -2.11. The third-order valence-electron chi connectivity index (χ3n) is 5.95. The van der Waals surface area contributed by atoms with E-state index in [0.29, 0.717) is 30.5 Å². The van der Waals surface area contributed by atoms with E-state index in [1.165, 1.54) is 17.1 Å². The van der Waals surface area contributed by atoms with Crippen LogP contribution in [0.4, 0.5) is 10.2 Å². The summed E-state index contributed by atoms with van der Waals surface area (Å²) >= 11 is 0. The van der Waals surface area contributed by atoms with Gasteiger partial charge in [0.1, 0.15) is 17.4 Å². The van der Waals surface area contributed by atoms with E-state index in [0.717, 1.165) is 27.5 Å². The highest BCUT2D eigenvalue weighted by molar-refractivity contribution is 5.96. The number of methoxy groups -OCH3 is 1. The second kappa shape index (κ2) is 10.1. The monoisotopic (exact) mass is 500 g/mol. The van der Waals surface area contributed by atoms with Gasteiger partial charge in [0, 0.05) is 12.7 Å². The van der Waals surface area contributed by atoms with Crippen LogP contribution < -0.4 is 15.8 Å². The van der Waals surface area contributed by atoms with E-state index in [4.69, 9.17) is 10.5 Å². The van der Waals surface area contributed by atoms with Crippen molar-refractivity contribution in [1.82, 2.24) is 34.8 Å². The third-order valence-corrected chi connectivity index (χ3v) is 5.95. The summed E-state index contributed by atoms with van der Waals surface area (Å²) < 4.78 is 21.8. The van der Waals surface area contributed by atoms with Crippen LogP contribution in [0, 0.1) is 12.7 Å². The summed E-state index contributed by atoms with van der Waals surface area (Å²) in [4.78, 5) is 21.2. The van der Waals surface area contributed by atoms with Crippen LogP contribution in [-0.4, -0.2) is 42.5 Å². The van der Waals surface area contributed by atoms with Gasteiger partial charge in [-0.1, -0.05) is 24.3 Å². The molecule has 3 aromatic heterocycles. The van der Waals surface area contributed by atoms with Crippen LogP contribution in [0.2, 0.25) is 0 Å². The summed E-state index contributed by atoms with van der Waals surface area (Å²) in [5, 5.41) is 12.8. The lowest BCUT2D eigenvalue weighted by atomic mass is 10.1. The van der Waals surface area contributed by atoms with E-state index < -0.39 is 0 Å². The molecule has 0 atom stereocenters. The SMILES string of the molecule is COc1cc(CNC(=O)c2nc(C)n(Cc3ccc(Cn4cc(F)cn4)cc3)n2)cc2ccnc(N)c12. The van der Waals surface area contributed by atoms with Crippen molar-refractivity contribution in [3.05, 3.63) is 95.2 Å². The number of fused-ring (bicyclic) bond motifs is 1. The summed E-state index contributed by atoms with van der Waals surface area (Å²) in [6.07, 6.45) is 4.16. The fourth-order valence-electron chi connectivity index (χ4n) is 4.09. The van der Waals surface area contributed by atoms with Crippen molar-refractivity contribution >= 4 is 22.5 Å². The number of amides is 1. The van der Waals surface area contributed by atoms with Crippen molar-refractivity contribution < 1.29 is 13.9 Å². The minimum absolute atomic E-state index is 0.0935. The van der Waals surface area contributed by atoms with Gasteiger partial charge in [-0.2, -0.15) is 5.10 Å². The molecule has 11 heteroatoms. The van der Waals surface area contributed by atoms with Crippen LogP contribution in [0.25, 0.3) is 10.8 Å². The van der Waals surface area contributed by atoms with E-state index in [2.05, 4.69) is 25.5 Å². The Kier molecular flexibility index (Phi) is 6.50. The van der Waals surface area contributed by atoms with Gasteiger partial charge >= 0.3 is 0 Å². The summed E-state index contributed by atoms with van der Waals surface area (Å²) in [6, 6.07) is 13.4. The van der Waals surface area contributed by atoms with E-state index in [1.54, 1.807) is 24.9 Å². The lowest BCUT2D eigenvalue weighted by molar-refractivity contribution is 0.0940. The number of ether oxygens (including phenoxy) is 1. The number of nitrogens with zero attached hydrogens (tertiary/aromatic N) is 6. The topological polar surface area (TPSA) is 126 Å². The highest BCUT2D eigenvalue weighted by Crippen LogP contribution is 2.30. The molecule has 0 bridgehead atoms. The number of carbonyl (C=O) groups is 1. The number of pyridine rings is 1. The summed E-state index contributed by atoms with van der Waals surface area (Å²) in [5.74, 6) is 0.953. The van der Waals surface area contributed by atoms with Crippen molar-refractivity contribution in [1.29, 1.82) is 0 Å². The molecule has 0 saturated heterocycles. The number of benzene rings is 2. The Hall–Kier alpha value is -4.80. The number of aryl methyl sites for hydroxylation is 1. The Bertz CT molecular complexity index is 1580. The highest BCUT2D eigenvalue weighted by Gasteiger charge is 2.15. The Labute approximate surface area is 211 Å². The van der Waals surface area contributed by atoms with E-state index in [1.807, 2.05) is 42.5 Å². The van der Waals surface area contributed by atoms with Crippen molar-refractivity contribution in [2.45, 2.75) is 26.6 Å². The van der Waals surface area contributed by atoms with Crippen LogP contribution in [-0.2, 0) is 19.6 Å². The zero-order valence-electron chi connectivity index (χ0n) is 20.3. The fourth-order valence-corrected chi connectivity index (χ4v) is 4.09. The molecule has 2 aromatic carbocycles. The molecule has 1 amide bonds. The second-order valence-corrected chi connectivity index (χ2v) is 8.59. The first kappa shape index (κ1) is 23.9. The molecule has 37 heavy (non-hydrogen) atoms. The number of hydrogen-bond donors (Lipinski definition) is 2. The van der Waals surface area contributed by atoms with E-state index >= 15 is 0 Å². The number of nitrogens with two attached hydrogens (primary N) is 1. The van der Waals surface area contributed by atoms with E-state index in [-0.39, 0.29) is 24.1 Å². The Morgan fingerprint density at radius 2 is 1.86 bits per heavy atom. The van der Waals surface area contributed by atoms with Gasteiger partial charge in [0.05, 0.1) is 38.0 Å². The predicted octanol–water partition coefficient (Wildman–Crippen LogP) is 3.09. The number of halogens is 1. The lowest BCUT2D eigenvalue weighted by Crippen LogP contribution is -2.24. The van der Waals surface area contributed by atoms with Crippen LogP contribution in [0.5, 0.6) is 5.75 Å². The number of anilines is 1. The van der Waals surface area contributed by atoms with Crippen molar-refractivity contribution in [2.24, 2.45) is 0 Å².